The van der Waals surface area contributed by atoms with Crippen molar-refractivity contribution in [2.75, 3.05) is 6.61 Å². The van der Waals surface area contributed by atoms with Crippen molar-refractivity contribution in [2.45, 2.75) is 33.6 Å². The predicted molar refractivity (Wildman–Crippen MR) is 65.9 cm³/mol. The lowest BCUT2D eigenvalue weighted by Gasteiger charge is -2.01. The molecule has 0 aromatic carbocycles. The first-order chi connectivity index (χ1) is 7.54. The van der Waals surface area contributed by atoms with Gasteiger partial charge in [-0.25, -0.2) is 9.78 Å². The minimum atomic E-state index is -0.291. The van der Waals surface area contributed by atoms with Crippen LogP contribution in [0.25, 0.3) is 0 Å². The Morgan fingerprint density at radius 2 is 2.25 bits per heavy atom. The van der Waals surface area contributed by atoms with E-state index in [1.54, 1.807) is 0 Å². The Morgan fingerprint density at radius 1 is 1.56 bits per heavy atom. The zero-order valence-electron chi connectivity index (χ0n) is 10.0. The minimum Gasteiger partial charge on any atom is -0.457 e. The van der Waals surface area contributed by atoms with Gasteiger partial charge in [0.1, 0.15) is 11.5 Å². The maximum atomic E-state index is 11.7. The monoisotopic (exact) mass is 239 g/mol. The molecule has 0 aliphatic carbocycles. The normalized spacial score (nSPS) is 10.2. The number of aryl methyl sites for hydroxylation is 2. The van der Waals surface area contributed by atoms with Crippen molar-refractivity contribution in [3.63, 3.8) is 0 Å². The Hall–Kier alpha value is -1.16. The molecule has 0 amide bonds. The van der Waals surface area contributed by atoms with Gasteiger partial charge in [-0.1, -0.05) is 13.5 Å². The van der Waals surface area contributed by atoms with Crippen LogP contribution in [0.5, 0.6) is 0 Å². The van der Waals surface area contributed by atoms with Gasteiger partial charge < -0.3 is 4.74 Å². The van der Waals surface area contributed by atoms with Crippen LogP contribution in [0.3, 0.4) is 0 Å². The number of thiazole rings is 1. The molecule has 0 radical (unpaired) electrons. The average molecular weight is 239 g/mol. The van der Waals surface area contributed by atoms with Crippen molar-refractivity contribution in [2.24, 2.45) is 0 Å². The van der Waals surface area contributed by atoms with Gasteiger partial charge in [0.05, 0.1) is 10.7 Å². The topological polar surface area (TPSA) is 39.2 Å². The van der Waals surface area contributed by atoms with Gasteiger partial charge in [0, 0.05) is 0 Å². The van der Waals surface area contributed by atoms with E-state index in [1.165, 1.54) is 11.3 Å². The summed E-state index contributed by atoms with van der Waals surface area (Å²) in [6, 6.07) is 0. The SMILES string of the molecule is C=C(C)COC(=O)c1sc(CCC)nc1C. The van der Waals surface area contributed by atoms with Gasteiger partial charge in [0.2, 0.25) is 0 Å². The first-order valence-electron chi connectivity index (χ1n) is 5.32. The summed E-state index contributed by atoms with van der Waals surface area (Å²) in [6.07, 6.45) is 1.95. The third kappa shape index (κ3) is 3.45. The van der Waals surface area contributed by atoms with E-state index in [-0.39, 0.29) is 12.6 Å². The van der Waals surface area contributed by atoms with Crippen LogP contribution in [0.4, 0.5) is 0 Å². The van der Waals surface area contributed by atoms with Gasteiger partial charge >= 0.3 is 5.97 Å². The zero-order valence-corrected chi connectivity index (χ0v) is 10.8. The molecule has 4 heteroatoms. The molecule has 0 atom stereocenters. The van der Waals surface area contributed by atoms with E-state index in [0.29, 0.717) is 4.88 Å². The van der Waals surface area contributed by atoms with Gasteiger partial charge in [0.15, 0.2) is 0 Å². The smallest absolute Gasteiger partial charge is 0.350 e. The van der Waals surface area contributed by atoms with E-state index in [1.807, 2.05) is 13.8 Å². The summed E-state index contributed by atoms with van der Waals surface area (Å²) in [5.74, 6) is -0.291. The molecule has 0 unspecified atom stereocenters. The van der Waals surface area contributed by atoms with E-state index in [4.69, 9.17) is 4.74 Å². The summed E-state index contributed by atoms with van der Waals surface area (Å²) < 4.78 is 5.09. The molecule has 0 N–H and O–H groups in total. The highest BCUT2D eigenvalue weighted by molar-refractivity contribution is 7.13. The summed E-state index contributed by atoms with van der Waals surface area (Å²) in [6.45, 7) is 9.73. The predicted octanol–water partition coefficient (Wildman–Crippen LogP) is 3.14. The van der Waals surface area contributed by atoms with Crippen LogP contribution in [-0.4, -0.2) is 17.6 Å². The second-order valence-electron chi connectivity index (χ2n) is 3.81. The molecule has 0 aliphatic rings. The van der Waals surface area contributed by atoms with E-state index < -0.39 is 0 Å². The van der Waals surface area contributed by atoms with E-state index in [2.05, 4.69) is 18.5 Å². The Labute approximate surface area is 100 Å². The summed E-state index contributed by atoms with van der Waals surface area (Å²) in [7, 11) is 0. The first-order valence-corrected chi connectivity index (χ1v) is 6.14. The van der Waals surface area contributed by atoms with E-state index in [9.17, 15) is 4.79 Å². The molecule has 1 heterocycles. The van der Waals surface area contributed by atoms with Gasteiger partial charge in [-0.15, -0.1) is 11.3 Å². The van der Waals surface area contributed by atoms with Crippen molar-refractivity contribution < 1.29 is 9.53 Å². The van der Waals surface area contributed by atoms with Crippen LogP contribution < -0.4 is 0 Å². The molecule has 1 aromatic rings. The van der Waals surface area contributed by atoms with Crippen molar-refractivity contribution >= 4 is 17.3 Å². The van der Waals surface area contributed by atoms with Gasteiger partial charge in [-0.05, 0) is 32.3 Å². The second-order valence-corrected chi connectivity index (χ2v) is 4.89. The summed E-state index contributed by atoms with van der Waals surface area (Å²) in [4.78, 5) is 16.7. The number of carbonyl (C=O) groups excluding carboxylic acids is 1. The fraction of sp³-hybridized carbons (Fsp3) is 0.500. The molecule has 0 saturated carbocycles. The largest absolute Gasteiger partial charge is 0.457 e. The lowest BCUT2D eigenvalue weighted by atomic mass is 10.3. The van der Waals surface area contributed by atoms with Gasteiger partial charge in [0.25, 0.3) is 0 Å². The third-order valence-corrected chi connectivity index (χ3v) is 3.14. The minimum absolute atomic E-state index is 0.277. The second kappa shape index (κ2) is 5.80. The van der Waals surface area contributed by atoms with Crippen molar-refractivity contribution in [3.05, 3.63) is 27.7 Å². The Morgan fingerprint density at radius 3 is 2.81 bits per heavy atom. The molecular formula is C12H17NO2S. The molecule has 0 bridgehead atoms. The summed E-state index contributed by atoms with van der Waals surface area (Å²) in [5.41, 5.74) is 1.60. The number of rotatable bonds is 5. The number of hydrogen-bond donors (Lipinski definition) is 0. The van der Waals surface area contributed by atoms with Crippen molar-refractivity contribution in [3.8, 4) is 0 Å². The Balaban J connectivity index is 2.71. The first kappa shape index (κ1) is 12.9. The van der Waals surface area contributed by atoms with Crippen LogP contribution in [0.2, 0.25) is 0 Å². The number of esters is 1. The zero-order chi connectivity index (χ0) is 12.1. The third-order valence-electron chi connectivity index (χ3n) is 1.94. The molecule has 0 spiro atoms. The molecule has 0 fully saturated rings. The van der Waals surface area contributed by atoms with Crippen LogP contribution in [0.15, 0.2) is 12.2 Å². The molecule has 1 rings (SSSR count). The quantitative estimate of drug-likeness (QED) is 0.585. The summed E-state index contributed by atoms with van der Waals surface area (Å²) >= 11 is 1.43. The van der Waals surface area contributed by atoms with E-state index >= 15 is 0 Å². The standard InChI is InChI=1S/C12H17NO2S/c1-5-6-10-13-9(4)11(16-10)12(14)15-7-8(2)3/h2,5-7H2,1,3-4H3. The van der Waals surface area contributed by atoms with E-state index in [0.717, 1.165) is 29.1 Å². The Bertz CT molecular complexity index is 396. The maximum absolute atomic E-state index is 11.7. The van der Waals surface area contributed by atoms with Gasteiger partial charge in [-0.3, -0.25) is 0 Å². The highest BCUT2D eigenvalue weighted by Gasteiger charge is 2.16. The highest BCUT2D eigenvalue weighted by Crippen LogP contribution is 2.20. The molecule has 0 aliphatic heterocycles. The summed E-state index contributed by atoms with van der Waals surface area (Å²) in [5, 5.41) is 1.00. The number of hydrogen-bond acceptors (Lipinski definition) is 4. The fourth-order valence-electron chi connectivity index (χ4n) is 1.22. The van der Waals surface area contributed by atoms with Crippen LogP contribution in [-0.2, 0) is 11.2 Å². The fourth-order valence-corrected chi connectivity index (χ4v) is 2.28. The van der Waals surface area contributed by atoms with Crippen LogP contribution in [0.1, 0.15) is 40.6 Å². The highest BCUT2D eigenvalue weighted by atomic mass is 32.1. The number of nitrogens with zero attached hydrogens (tertiary/aromatic N) is 1. The average Bonchev–Trinajstić information content (AvgIpc) is 2.56. The van der Waals surface area contributed by atoms with Gasteiger partial charge in [-0.2, -0.15) is 0 Å². The molecule has 88 valence electrons. The van der Waals surface area contributed by atoms with Crippen molar-refractivity contribution in [1.29, 1.82) is 0 Å². The van der Waals surface area contributed by atoms with Crippen LogP contribution >= 0.6 is 11.3 Å². The van der Waals surface area contributed by atoms with Crippen molar-refractivity contribution in [1.82, 2.24) is 4.98 Å². The lowest BCUT2D eigenvalue weighted by Crippen LogP contribution is -2.06. The Kier molecular flexibility index (Phi) is 4.68. The molecular weight excluding hydrogens is 222 g/mol. The van der Waals surface area contributed by atoms with Crippen LogP contribution in [0, 0.1) is 6.92 Å². The molecule has 3 nitrogen and oxygen atoms in total. The molecule has 0 saturated heterocycles. The number of aromatic nitrogens is 1. The maximum Gasteiger partial charge on any atom is 0.350 e. The number of ether oxygens (including phenoxy) is 1. The number of carbonyl (C=O) groups is 1. The lowest BCUT2D eigenvalue weighted by molar-refractivity contribution is 0.0545. The molecule has 16 heavy (non-hydrogen) atoms. The molecule has 1 aromatic heterocycles.